The first-order valence-corrected chi connectivity index (χ1v) is 7.68. The molecule has 0 unspecified atom stereocenters. The maximum Gasteiger partial charge on any atom is 0.278 e. The molecule has 0 saturated carbocycles. The third kappa shape index (κ3) is 1.77. The van der Waals surface area contributed by atoms with Gasteiger partial charge in [-0.25, -0.2) is 9.37 Å². The van der Waals surface area contributed by atoms with Crippen LogP contribution in [0.15, 0.2) is 28.2 Å². The van der Waals surface area contributed by atoms with Crippen LogP contribution in [0.3, 0.4) is 0 Å². The van der Waals surface area contributed by atoms with E-state index in [1.54, 1.807) is 4.57 Å². The Morgan fingerprint density at radius 2 is 2.27 bits per heavy atom. The lowest BCUT2D eigenvalue weighted by Gasteiger charge is -2.05. The van der Waals surface area contributed by atoms with E-state index >= 15 is 0 Å². The summed E-state index contributed by atoms with van der Waals surface area (Å²) >= 11 is 1.49. The molecule has 1 aliphatic rings. The molecule has 2 aromatic heterocycles. The van der Waals surface area contributed by atoms with Crippen LogP contribution in [-0.2, 0) is 17.9 Å². The van der Waals surface area contributed by atoms with Crippen molar-refractivity contribution in [3.63, 3.8) is 0 Å². The molecule has 1 aliphatic heterocycles. The molecule has 3 heterocycles. The van der Waals surface area contributed by atoms with Gasteiger partial charge in [-0.2, -0.15) is 0 Å². The average molecular weight is 318 g/mol. The molecule has 8 heteroatoms. The van der Waals surface area contributed by atoms with Gasteiger partial charge in [-0.15, -0.1) is 0 Å². The summed E-state index contributed by atoms with van der Waals surface area (Å²) in [5, 5.41) is 1.14. The Balaban J connectivity index is 2.22. The number of thioether (sulfide) groups is 1. The molecule has 4 rings (SSSR count). The van der Waals surface area contributed by atoms with E-state index < -0.39 is 11.7 Å². The summed E-state index contributed by atoms with van der Waals surface area (Å²) < 4.78 is 16.7. The van der Waals surface area contributed by atoms with Gasteiger partial charge >= 0.3 is 0 Å². The minimum absolute atomic E-state index is 0.144. The van der Waals surface area contributed by atoms with Crippen molar-refractivity contribution < 1.29 is 9.18 Å². The van der Waals surface area contributed by atoms with Crippen molar-refractivity contribution in [2.24, 2.45) is 5.73 Å². The molecule has 1 aromatic carbocycles. The second-order valence-corrected chi connectivity index (χ2v) is 6.17. The summed E-state index contributed by atoms with van der Waals surface area (Å²) in [5.74, 6) is -0.208. The molecule has 22 heavy (non-hydrogen) atoms. The standard InChI is InChI=1S/C14H11FN4O2S/c15-7-1-2-9-8(5-7)11-12(19(9)6-10(16)20)13(21)18-3-4-22-14(18)17-11/h1-2,5H,3-4,6H2,(H2,16,20). The van der Waals surface area contributed by atoms with Gasteiger partial charge in [0.05, 0.1) is 5.52 Å². The molecule has 2 N–H and O–H groups in total. The van der Waals surface area contributed by atoms with Crippen LogP contribution in [0.2, 0.25) is 0 Å². The molecular formula is C14H11FN4O2S. The topological polar surface area (TPSA) is 82.9 Å². The van der Waals surface area contributed by atoms with E-state index in [4.69, 9.17) is 5.73 Å². The number of hydrogen-bond donors (Lipinski definition) is 1. The second-order valence-electron chi connectivity index (χ2n) is 5.11. The largest absolute Gasteiger partial charge is 0.368 e. The van der Waals surface area contributed by atoms with E-state index in [0.29, 0.717) is 33.6 Å². The first-order valence-electron chi connectivity index (χ1n) is 6.69. The van der Waals surface area contributed by atoms with Crippen LogP contribution >= 0.6 is 11.8 Å². The molecule has 0 bridgehead atoms. The Hall–Kier alpha value is -2.35. The fourth-order valence-electron chi connectivity index (χ4n) is 2.87. The van der Waals surface area contributed by atoms with Crippen LogP contribution in [0.1, 0.15) is 0 Å². The second kappa shape index (κ2) is 4.57. The van der Waals surface area contributed by atoms with Crippen molar-refractivity contribution in [2.75, 3.05) is 5.75 Å². The van der Waals surface area contributed by atoms with Gasteiger partial charge in [0.1, 0.15) is 23.4 Å². The number of carbonyl (C=O) groups is 1. The van der Waals surface area contributed by atoms with E-state index in [1.165, 1.54) is 34.5 Å². The zero-order valence-electron chi connectivity index (χ0n) is 11.4. The molecule has 0 spiro atoms. The molecule has 0 atom stereocenters. The normalized spacial score (nSPS) is 13.9. The summed E-state index contributed by atoms with van der Waals surface area (Å²) in [6.07, 6.45) is 0. The minimum Gasteiger partial charge on any atom is -0.368 e. The van der Waals surface area contributed by atoms with Crippen molar-refractivity contribution in [3.8, 4) is 0 Å². The number of primary amides is 1. The Morgan fingerprint density at radius 1 is 1.45 bits per heavy atom. The van der Waals surface area contributed by atoms with E-state index in [9.17, 15) is 14.0 Å². The van der Waals surface area contributed by atoms with Gasteiger partial charge in [-0.3, -0.25) is 14.2 Å². The average Bonchev–Trinajstić information content (AvgIpc) is 3.03. The summed E-state index contributed by atoms with van der Waals surface area (Å²) in [6.45, 7) is 0.434. The molecular weight excluding hydrogens is 307 g/mol. The number of benzene rings is 1. The number of aromatic nitrogens is 3. The molecule has 1 amide bonds. The maximum absolute atomic E-state index is 13.6. The predicted molar refractivity (Wildman–Crippen MR) is 81.4 cm³/mol. The molecule has 0 radical (unpaired) electrons. The zero-order valence-corrected chi connectivity index (χ0v) is 12.2. The number of hydrogen-bond acceptors (Lipinski definition) is 4. The van der Waals surface area contributed by atoms with Gasteiger partial charge in [0, 0.05) is 17.7 Å². The van der Waals surface area contributed by atoms with Crippen molar-refractivity contribution in [2.45, 2.75) is 18.2 Å². The van der Waals surface area contributed by atoms with E-state index in [0.717, 1.165) is 5.75 Å². The fourth-order valence-corrected chi connectivity index (χ4v) is 3.81. The quantitative estimate of drug-likeness (QED) is 0.717. The highest BCUT2D eigenvalue weighted by Gasteiger charge is 2.23. The third-order valence-corrected chi connectivity index (χ3v) is 4.70. The zero-order chi connectivity index (χ0) is 15.4. The van der Waals surface area contributed by atoms with E-state index in [2.05, 4.69) is 4.98 Å². The van der Waals surface area contributed by atoms with Crippen molar-refractivity contribution in [1.82, 2.24) is 14.1 Å². The number of carbonyl (C=O) groups excluding carboxylic acids is 1. The highest BCUT2D eigenvalue weighted by atomic mass is 32.2. The summed E-state index contributed by atoms with van der Waals surface area (Å²) in [4.78, 5) is 28.6. The number of amides is 1. The number of rotatable bonds is 2. The van der Waals surface area contributed by atoms with Crippen LogP contribution in [0.25, 0.3) is 21.9 Å². The van der Waals surface area contributed by atoms with E-state index in [1.807, 2.05) is 0 Å². The van der Waals surface area contributed by atoms with Gasteiger partial charge < -0.3 is 10.3 Å². The predicted octanol–water partition coefficient (Wildman–Crippen LogP) is 1.08. The number of nitrogens with two attached hydrogens (primary N) is 1. The number of nitrogens with zero attached hydrogens (tertiary/aromatic N) is 3. The lowest BCUT2D eigenvalue weighted by Crippen LogP contribution is -2.25. The smallest absolute Gasteiger partial charge is 0.278 e. The van der Waals surface area contributed by atoms with Crippen LogP contribution in [0.5, 0.6) is 0 Å². The Labute approximate surface area is 127 Å². The molecule has 0 fully saturated rings. The van der Waals surface area contributed by atoms with Gasteiger partial charge in [0.2, 0.25) is 5.91 Å². The molecule has 112 valence electrons. The van der Waals surface area contributed by atoms with Crippen LogP contribution in [-0.4, -0.2) is 25.8 Å². The van der Waals surface area contributed by atoms with E-state index in [-0.39, 0.29) is 12.1 Å². The lowest BCUT2D eigenvalue weighted by atomic mass is 10.2. The van der Waals surface area contributed by atoms with Gasteiger partial charge in [-0.05, 0) is 18.2 Å². The Morgan fingerprint density at radius 3 is 3.05 bits per heavy atom. The van der Waals surface area contributed by atoms with Crippen LogP contribution in [0.4, 0.5) is 4.39 Å². The fraction of sp³-hybridized carbons (Fsp3) is 0.214. The SMILES string of the molecule is NC(=O)Cn1c2ccc(F)cc2c2nc3n(c(=O)c21)CCS3. The first kappa shape index (κ1) is 13.3. The maximum atomic E-state index is 13.6. The number of fused-ring (bicyclic) bond motifs is 4. The van der Waals surface area contributed by atoms with Crippen LogP contribution < -0.4 is 11.3 Å². The molecule has 0 aliphatic carbocycles. The lowest BCUT2D eigenvalue weighted by molar-refractivity contribution is -0.118. The Bertz CT molecular complexity index is 1010. The van der Waals surface area contributed by atoms with Crippen molar-refractivity contribution in [3.05, 3.63) is 34.4 Å². The monoisotopic (exact) mass is 318 g/mol. The van der Waals surface area contributed by atoms with Crippen molar-refractivity contribution >= 4 is 39.6 Å². The van der Waals surface area contributed by atoms with Gasteiger partial charge in [0.15, 0.2) is 5.16 Å². The summed E-state index contributed by atoms with van der Waals surface area (Å²) in [6, 6.07) is 4.16. The highest BCUT2D eigenvalue weighted by molar-refractivity contribution is 7.99. The first-order chi connectivity index (χ1) is 10.6. The molecule has 6 nitrogen and oxygen atoms in total. The molecule has 0 saturated heterocycles. The minimum atomic E-state index is -0.567. The highest BCUT2D eigenvalue weighted by Crippen LogP contribution is 2.30. The molecule has 3 aromatic rings. The Kier molecular flexibility index (Phi) is 2.77. The van der Waals surface area contributed by atoms with Gasteiger partial charge in [0.25, 0.3) is 5.56 Å². The van der Waals surface area contributed by atoms with Crippen molar-refractivity contribution in [1.29, 1.82) is 0 Å². The third-order valence-electron chi connectivity index (χ3n) is 3.74. The number of halogens is 1. The van der Waals surface area contributed by atoms with Gasteiger partial charge in [-0.1, -0.05) is 11.8 Å². The summed E-state index contributed by atoms with van der Waals surface area (Å²) in [5.41, 5.74) is 6.36. The summed E-state index contributed by atoms with van der Waals surface area (Å²) in [7, 11) is 0. The van der Waals surface area contributed by atoms with Crippen LogP contribution in [0, 0.1) is 5.82 Å².